The number of nitrogens with zero attached hydrogens (tertiary/aromatic N) is 1. The van der Waals surface area contributed by atoms with Gasteiger partial charge in [0.05, 0.1) is 43.5 Å². The third-order valence-electron chi connectivity index (χ3n) is 3.55. The monoisotopic (exact) mass is 378 g/mol. The highest BCUT2D eigenvalue weighted by Crippen LogP contribution is 2.25. The van der Waals surface area contributed by atoms with Crippen LogP contribution in [-0.4, -0.2) is 65.9 Å². The van der Waals surface area contributed by atoms with Crippen LogP contribution >= 0.6 is 12.1 Å². The summed E-state index contributed by atoms with van der Waals surface area (Å²) in [4.78, 5) is 36.1. The summed E-state index contributed by atoms with van der Waals surface area (Å²) in [7, 11) is 0. The zero-order valence-electron chi connectivity index (χ0n) is 15.2. The van der Waals surface area contributed by atoms with Crippen molar-refractivity contribution in [1.29, 1.82) is 0 Å². The van der Waals surface area contributed by atoms with Gasteiger partial charge in [0.1, 0.15) is 5.25 Å². The average Bonchev–Trinajstić information content (AvgIpc) is 2.81. The fraction of sp³-hybridized carbons (Fsp3) is 0.812. The van der Waals surface area contributed by atoms with Gasteiger partial charge in [0, 0.05) is 19.5 Å². The number of amides is 3. The SMILES string of the molecule is CC(C)OCC(C)(C)OCCNC(=O)CCN1C(=O)CC(SF)C1=O. The van der Waals surface area contributed by atoms with Gasteiger partial charge in [-0.2, -0.15) is 3.89 Å². The molecular formula is C16H27FN2O5S. The van der Waals surface area contributed by atoms with E-state index in [-0.39, 0.29) is 43.5 Å². The summed E-state index contributed by atoms with van der Waals surface area (Å²) in [5, 5.41) is 1.69. The molecule has 1 aliphatic heterocycles. The molecule has 0 aromatic rings. The predicted octanol–water partition coefficient (Wildman–Crippen LogP) is 1.46. The molecule has 0 spiro atoms. The van der Waals surface area contributed by atoms with Crippen molar-refractivity contribution >= 4 is 29.9 Å². The smallest absolute Gasteiger partial charge is 0.245 e. The summed E-state index contributed by atoms with van der Waals surface area (Å²) in [6, 6.07) is 0. The molecule has 0 aliphatic carbocycles. The molecule has 0 radical (unpaired) electrons. The van der Waals surface area contributed by atoms with Crippen LogP contribution in [0, 0.1) is 0 Å². The zero-order valence-corrected chi connectivity index (χ0v) is 16.0. The molecule has 1 N–H and O–H groups in total. The number of hydrogen-bond acceptors (Lipinski definition) is 6. The van der Waals surface area contributed by atoms with Gasteiger partial charge in [-0.3, -0.25) is 19.3 Å². The number of nitrogens with one attached hydrogen (secondary N) is 1. The number of carbonyl (C=O) groups excluding carboxylic acids is 3. The Morgan fingerprint density at radius 3 is 2.68 bits per heavy atom. The van der Waals surface area contributed by atoms with E-state index in [4.69, 9.17) is 9.47 Å². The Balaban J connectivity index is 2.21. The normalized spacial score (nSPS) is 18.3. The van der Waals surface area contributed by atoms with E-state index in [2.05, 4.69) is 5.32 Å². The first-order valence-electron chi connectivity index (χ1n) is 8.30. The maximum Gasteiger partial charge on any atom is 0.245 e. The Kier molecular flexibility index (Phi) is 8.81. The second-order valence-corrected chi connectivity index (χ2v) is 7.48. The van der Waals surface area contributed by atoms with Gasteiger partial charge in [-0.15, -0.1) is 0 Å². The van der Waals surface area contributed by atoms with Crippen LogP contribution in [0.15, 0.2) is 0 Å². The minimum atomic E-state index is -0.973. The lowest BCUT2D eigenvalue weighted by Gasteiger charge is -2.26. The first kappa shape index (κ1) is 21.9. The van der Waals surface area contributed by atoms with Gasteiger partial charge in [0.25, 0.3) is 0 Å². The van der Waals surface area contributed by atoms with E-state index in [0.29, 0.717) is 19.8 Å². The summed E-state index contributed by atoms with van der Waals surface area (Å²) in [6.07, 6.45) is -0.0433. The van der Waals surface area contributed by atoms with Crippen LogP contribution in [0.4, 0.5) is 3.89 Å². The zero-order chi connectivity index (χ0) is 19.0. The van der Waals surface area contributed by atoms with Gasteiger partial charge in [0.2, 0.25) is 17.7 Å². The van der Waals surface area contributed by atoms with E-state index in [1.165, 1.54) is 0 Å². The lowest BCUT2D eigenvalue weighted by molar-refractivity contribution is -0.138. The molecule has 0 aromatic carbocycles. The Morgan fingerprint density at radius 1 is 1.44 bits per heavy atom. The number of rotatable bonds is 11. The van der Waals surface area contributed by atoms with Gasteiger partial charge in [-0.1, -0.05) is 0 Å². The van der Waals surface area contributed by atoms with Gasteiger partial charge in [-0.25, -0.2) is 0 Å². The molecular weight excluding hydrogens is 351 g/mol. The molecule has 0 saturated carbocycles. The highest BCUT2D eigenvalue weighted by molar-refractivity contribution is 7.95. The Labute approximate surface area is 152 Å². The van der Waals surface area contributed by atoms with Crippen LogP contribution in [0.25, 0.3) is 0 Å². The molecule has 144 valence electrons. The lowest BCUT2D eigenvalue weighted by Crippen LogP contribution is -2.38. The maximum absolute atomic E-state index is 12.5. The van der Waals surface area contributed by atoms with Gasteiger partial charge >= 0.3 is 0 Å². The standard InChI is InChI=1S/C16H27FN2O5S/c1-11(2)23-10-16(3,4)24-8-6-18-13(20)5-7-19-14(21)9-12(25-17)15(19)22/h11-12H,5-10H2,1-4H3,(H,18,20). The van der Waals surface area contributed by atoms with Gasteiger partial charge < -0.3 is 14.8 Å². The van der Waals surface area contributed by atoms with Crippen LogP contribution in [0.2, 0.25) is 0 Å². The number of imide groups is 1. The van der Waals surface area contributed by atoms with Crippen molar-refractivity contribution < 1.29 is 27.7 Å². The van der Waals surface area contributed by atoms with E-state index in [9.17, 15) is 18.3 Å². The van der Waals surface area contributed by atoms with E-state index < -0.39 is 22.7 Å². The van der Waals surface area contributed by atoms with Crippen LogP contribution in [0.1, 0.15) is 40.5 Å². The molecule has 1 aliphatic rings. The Morgan fingerprint density at radius 2 is 2.12 bits per heavy atom. The summed E-state index contributed by atoms with van der Waals surface area (Å²) in [5.74, 6) is -1.31. The van der Waals surface area contributed by atoms with Crippen LogP contribution in [0.3, 0.4) is 0 Å². The second-order valence-electron chi connectivity index (χ2n) is 6.73. The first-order chi connectivity index (χ1) is 11.7. The van der Waals surface area contributed by atoms with E-state index in [1.54, 1.807) is 0 Å². The molecule has 1 fully saturated rings. The molecule has 1 saturated heterocycles. The molecule has 9 heteroatoms. The highest BCUT2D eigenvalue weighted by Gasteiger charge is 2.39. The predicted molar refractivity (Wildman–Crippen MR) is 92.6 cm³/mol. The topological polar surface area (TPSA) is 84.9 Å². The number of ether oxygens (including phenoxy) is 2. The molecule has 1 atom stereocenters. The van der Waals surface area contributed by atoms with Crippen LogP contribution in [-0.2, 0) is 23.9 Å². The van der Waals surface area contributed by atoms with Gasteiger partial charge in [-0.05, 0) is 27.7 Å². The summed E-state index contributed by atoms with van der Waals surface area (Å²) in [5.41, 5.74) is -0.456. The fourth-order valence-corrected chi connectivity index (χ4v) is 2.59. The number of likely N-dealkylation sites (tertiary alicyclic amines) is 1. The lowest BCUT2D eigenvalue weighted by atomic mass is 10.1. The van der Waals surface area contributed by atoms with Crippen LogP contribution < -0.4 is 5.32 Å². The molecule has 7 nitrogen and oxygen atoms in total. The van der Waals surface area contributed by atoms with E-state index >= 15 is 0 Å². The Bertz CT molecular complexity index is 487. The average molecular weight is 378 g/mol. The third-order valence-corrected chi connectivity index (χ3v) is 4.14. The molecule has 3 amide bonds. The first-order valence-corrected chi connectivity index (χ1v) is 9.08. The van der Waals surface area contributed by atoms with E-state index in [1.807, 2.05) is 27.7 Å². The highest BCUT2D eigenvalue weighted by atomic mass is 32.2. The van der Waals surface area contributed by atoms with Crippen molar-refractivity contribution in [2.24, 2.45) is 0 Å². The summed E-state index contributed by atoms with van der Waals surface area (Å²) >= 11 is -0.132. The van der Waals surface area contributed by atoms with Gasteiger partial charge in [0.15, 0.2) is 0 Å². The van der Waals surface area contributed by atoms with Crippen molar-refractivity contribution in [3.05, 3.63) is 0 Å². The minimum Gasteiger partial charge on any atom is -0.376 e. The number of halogens is 1. The van der Waals surface area contributed by atoms with Crippen molar-refractivity contribution in [3.8, 4) is 0 Å². The third kappa shape index (κ3) is 7.70. The molecule has 1 rings (SSSR count). The molecule has 25 heavy (non-hydrogen) atoms. The number of hydrogen-bond donors (Lipinski definition) is 1. The van der Waals surface area contributed by atoms with Crippen molar-refractivity contribution in [1.82, 2.24) is 10.2 Å². The van der Waals surface area contributed by atoms with Crippen molar-refractivity contribution in [3.63, 3.8) is 0 Å². The summed E-state index contributed by atoms with van der Waals surface area (Å²) < 4.78 is 23.7. The molecule has 0 aromatic heterocycles. The molecule has 1 heterocycles. The fourth-order valence-electron chi connectivity index (χ4n) is 2.19. The second kappa shape index (κ2) is 10.1. The maximum atomic E-state index is 12.5. The van der Waals surface area contributed by atoms with Crippen molar-refractivity contribution in [2.75, 3.05) is 26.3 Å². The Hall–Kier alpha value is -1.19. The largest absolute Gasteiger partial charge is 0.376 e. The molecule has 0 bridgehead atoms. The quantitative estimate of drug-likeness (QED) is 0.433. The molecule has 1 unspecified atom stereocenters. The summed E-state index contributed by atoms with van der Waals surface area (Å²) in [6.45, 7) is 8.75. The van der Waals surface area contributed by atoms with Crippen molar-refractivity contribution in [2.45, 2.75) is 57.5 Å². The minimum absolute atomic E-state index is 0.0129. The number of carbonyl (C=O) groups is 3. The van der Waals surface area contributed by atoms with E-state index in [0.717, 1.165) is 4.90 Å². The van der Waals surface area contributed by atoms with Crippen LogP contribution in [0.5, 0.6) is 0 Å².